The molecule has 1 aromatic rings. The monoisotopic (exact) mass is 253 g/mol. The Kier molecular flexibility index (Phi) is 6.78. The van der Waals surface area contributed by atoms with Crippen LogP contribution in [-0.4, -0.2) is 39.4 Å². The highest BCUT2D eigenvalue weighted by molar-refractivity contribution is 5.94. The van der Waals surface area contributed by atoms with Gasteiger partial charge in [0.25, 0.3) is 5.91 Å². The second-order valence-electron chi connectivity index (χ2n) is 3.58. The molecule has 18 heavy (non-hydrogen) atoms. The fraction of sp³-hybridized carbons (Fsp3) is 0.417. The molecular formula is C12H19N3O3. The minimum atomic E-state index is -0.131. The molecule has 4 N–H and O–H groups in total. The highest BCUT2D eigenvalue weighted by Crippen LogP contribution is 2.07. The van der Waals surface area contributed by atoms with Gasteiger partial charge in [0, 0.05) is 24.9 Å². The van der Waals surface area contributed by atoms with E-state index in [0.29, 0.717) is 31.9 Å². The van der Waals surface area contributed by atoms with Crippen LogP contribution in [0.3, 0.4) is 0 Å². The number of nitrogen functional groups attached to an aromatic ring is 1. The quantitative estimate of drug-likeness (QED) is 0.354. The summed E-state index contributed by atoms with van der Waals surface area (Å²) in [6.07, 6.45) is 0. The second kappa shape index (κ2) is 8.46. The fourth-order valence-electron chi connectivity index (χ4n) is 1.30. The summed E-state index contributed by atoms with van der Waals surface area (Å²) in [5.74, 6) is 5.11. The molecule has 0 aromatic heterocycles. The van der Waals surface area contributed by atoms with Crippen molar-refractivity contribution in [2.24, 2.45) is 5.84 Å². The van der Waals surface area contributed by atoms with Crippen molar-refractivity contribution < 1.29 is 14.3 Å². The van der Waals surface area contributed by atoms with Crippen molar-refractivity contribution in [3.63, 3.8) is 0 Å². The van der Waals surface area contributed by atoms with E-state index in [-0.39, 0.29) is 5.91 Å². The number of hydrogen-bond donors (Lipinski definition) is 3. The molecule has 1 amide bonds. The first-order valence-corrected chi connectivity index (χ1v) is 5.69. The minimum absolute atomic E-state index is 0.131. The van der Waals surface area contributed by atoms with Gasteiger partial charge >= 0.3 is 0 Å². The van der Waals surface area contributed by atoms with E-state index in [1.807, 2.05) is 0 Å². The van der Waals surface area contributed by atoms with Crippen LogP contribution in [0, 0.1) is 0 Å². The maximum absolute atomic E-state index is 11.7. The Balaban J connectivity index is 2.23. The van der Waals surface area contributed by atoms with Gasteiger partial charge in [-0.25, -0.2) is 0 Å². The molecule has 6 nitrogen and oxygen atoms in total. The smallest absolute Gasteiger partial charge is 0.251 e. The van der Waals surface area contributed by atoms with Crippen LogP contribution >= 0.6 is 0 Å². The predicted molar refractivity (Wildman–Crippen MR) is 69.3 cm³/mol. The number of hydrazine groups is 1. The molecule has 0 bridgehead atoms. The number of anilines is 1. The van der Waals surface area contributed by atoms with E-state index in [4.69, 9.17) is 15.3 Å². The molecule has 6 heteroatoms. The van der Waals surface area contributed by atoms with E-state index >= 15 is 0 Å². The lowest BCUT2D eigenvalue weighted by Gasteiger charge is -2.07. The molecule has 0 aliphatic heterocycles. The zero-order valence-corrected chi connectivity index (χ0v) is 10.4. The normalized spacial score (nSPS) is 10.1. The number of benzene rings is 1. The van der Waals surface area contributed by atoms with Gasteiger partial charge in [0.15, 0.2) is 0 Å². The van der Waals surface area contributed by atoms with E-state index in [1.54, 1.807) is 31.4 Å². The van der Waals surface area contributed by atoms with Crippen molar-refractivity contribution in [1.82, 2.24) is 5.32 Å². The Morgan fingerprint density at radius 3 is 2.56 bits per heavy atom. The molecule has 0 saturated heterocycles. The molecule has 0 aliphatic rings. The van der Waals surface area contributed by atoms with Crippen LogP contribution < -0.4 is 16.6 Å². The molecule has 0 radical (unpaired) electrons. The highest BCUT2D eigenvalue weighted by atomic mass is 16.5. The van der Waals surface area contributed by atoms with Gasteiger partial charge in [0.2, 0.25) is 0 Å². The van der Waals surface area contributed by atoms with Crippen LogP contribution in [0.25, 0.3) is 0 Å². The molecule has 0 unspecified atom stereocenters. The summed E-state index contributed by atoms with van der Waals surface area (Å²) in [7, 11) is 1.62. The number of rotatable bonds is 8. The van der Waals surface area contributed by atoms with Crippen LogP contribution in [0.2, 0.25) is 0 Å². The first-order valence-electron chi connectivity index (χ1n) is 5.69. The van der Waals surface area contributed by atoms with Crippen molar-refractivity contribution in [3.05, 3.63) is 29.8 Å². The molecule has 0 saturated carbocycles. The minimum Gasteiger partial charge on any atom is -0.382 e. The standard InChI is InChI=1S/C12H19N3O3/c1-17-8-9-18-7-6-14-12(16)10-2-4-11(15-13)5-3-10/h2-5,15H,6-9,13H2,1H3,(H,14,16). The number of carbonyl (C=O) groups excluding carboxylic acids is 1. The van der Waals surface area contributed by atoms with Crippen molar-refractivity contribution in [2.45, 2.75) is 0 Å². The summed E-state index contributed by atoms with van der Waals surface area (Å²) < 4.78 is 10.1. The van der Waals surface area contributed by atoms with Crippen molar-refractivity contribution in [3.8, 4) is 0 Å². The molecule has 1 aromatic carbocycles. The number of methoxy groups -OCH3 is 1. The summed E-state index contributed by atoms with van der Waals surface area (Å²) in [5.41, 5.74) is 3.85. The molecule has 1 rings (SSSR count). The summed E-state index contributed by atoms with van der Waals surface area (Å²) in [6.45, 7) is 2.03. The molecule has 0 heterocycles. The number of nitrogens with one attached hydrogen (secondary N) is 2. The lowest BCUT2D eigenvalue weighted by Crippen LogP contribution is -2.27. The van der Waals surface area contributed by atoms with Gasteiger partial charge in [-0.05, 0) is 24.3 Å². The van der Waals surface area contributed by atoms with Crippen LogP contribution in [-0.2, 0) is 9.47 Å². The van der Waals surface area contributed by atoms with E-state index in [2.05, 4.69) is 10.7 Å². The Bertz CT molecular complexity index is 354. The third kappa shape index (κ3) is 5.13. The van der Waals surface area contributed by atoms with Crippen LogP contribution in [0.4, 0.5) is 5.69 Å². The van der Waals surface area contributed by atoms with Crippen LogP contribution in [0.15, 0.2) is 24.3 Å². The zero-order chi connectivity index (χ0) is 13.2. The third-order valence-corrected chi connectivity index (χ3v) is 2.28. The van der Waals surface area contributed by atoms with Crippen molar-refractivity contribution in [2.75, 3.05) is 38.9 Å². The Morgan fingerprint density at radius 2 is 1.94 bits per heavy atom. The average molecular weight is 253 g/mol. The van der Waals surface area contributed by atoms with E-state index < -0.39 is 0 Å². The van der Waals surface area contributed by atoms with Crippen molar-refractivity contribution >= 4 is 11.6 Å². The molecule has 0 spiro atoms. The molecule has 100 valence electrons. The van der Waals surface area contributed by atoms with Crippen LogP contribution in [0.5, 0.6) is 0 Å². The molecule has 0 aliphatic carbocycles. The largest absolute Gasteiger partial charge is 0.382 e. The molecule has 0 fully saturated rings. The van der Waals surface area contributed by atoms with Gasteiger partial charge < -0.3 is 20.2 Å². The van der Waals surface area contributed by atoms with Crippen LogP contribution in [0.1, 0.15) is 10.4 Å². The second-order valence-corrected chi connectivity index (χ2v) is 3.58. The maximum atomic E-state index is 11.7. The summed E-state index contributed by atoms with van der Waals surface area (Å²) in [4.78, 5) is 11.7. The summed E-state index contributed by atoms with van der Waals surface area (Å²) in [6, 6.07) is 6.89. The van der Waals surface area contributed by atoms with E-state index in [1.165, 1.54) is 0 Å². The number of nitrogens with two attached hydrogens (primary N) is 1. The number of carbonyl (C=O) groups is 1. The lowest BCUT2D eigenvalue weighted by atomic mass is 10.2. The van der Waals surface area contributed by atoms with E-state index in [0.717, 1.165) is 5.69 Å². The summed E-state index contributed by atoms with van der Waals surface area (Å²) in [5, 5.41) is 2.76. The Hall–Kier alpha value is -1.63. The lowest BCUT2D eigenvalue weighted by molar-refractivity contribution is 0.0692. The molecule has 0 atom stereocenters. The fourth-order valence-corrected chi connectivity index (χ4v) is 1.30. The maximum Gasteiger partial charge on any atom is 0.251 e. The first kappa shape index (κ1) is 14.4. The predicted octanol–water partition coefficient (Wildman–Crippen LogP) is 0.365. The third-order valence-electron chi connectivity index (χ3n) is 2.28. The first-order chi connectivity index (χ1) is 8.77. The SMILES string of the molecule is COCCOCCNC(=O)c1ccc(NN)cc1. The molecular weight excluding hydrogens is 234 g/mol. The summed E-state index contributed by atoms with van der Waals surface area (Å²) >= 11 is 0. The highest BCUT2D eigenvalue weighted by Gasteiger charge is 2.03. The Labute approximate surface area is 106 Å². The Morgan fingerprint density at radius 1 is 1.22 bits per heavy atom. The van der Waals surface area contributed by atoms with Gasteiger partial charge in [-0.1, -0.05) is 0 Å². The topological polar surface area (TPSA) is 85.6 Å². The van der Waals surface area contributed by atoms with Gasteiger partial charge in [-0.3, -0.25) is 10.6 Å². The number of ether oxygens (including phenoxy) is 2. The average Bonchev–Trinajstić information content (AvgIpc) is 2.42. The van der Waals surface area contributed by atoms with E-state index in [9.17, 15) is 4.79 Å². The number of hydrogen-bond acceptors (Lipinski definition) is 5. The van der Waals surface area contributed by atoms with Gasteiger partial charge in [0.1, 0.15) is 0 Å². The van der Waals surface area contributed by atoms with Gasteiger partial charge in [0.05, 0.1) is 19.8 Å². The zero-order valence-electron chi connectivity index (χ0n) is 10.4. The van der Waals surface area contributed by atoms with Gasteiger partial charge in [-0.2, -0.15) is 0 Å². The van der Waals surface area contributed by atoms with Crippen molar-refractivity contribution in [1.29, 1.82) is 0 Å². The number of amides is 1. The van der Waals surface area contributed by atoms with Gasteiger partial charge in [-0.15, -0.1) is 0 Å².